The van der Waals surface area contributed by atoms with E-state index in [0.717, 1.165) is 43.2 Å². The van der Waals surface area contributed by atoms with E-state index in [2.05, 4.69) is 25.3 Å². The highest BCUT2D eigenvalue weighted by Crippen LogP contribution is 2.29. The molecule has 2 saturated heterocycles. The van der Waals surface area contributed by atoms with Crippen LogP contribution in [0.5, 0.6) is 0 Å². The van der Waals surface area contributed by atoms with Crippen LogP contribution in [0.1, 0.15) is 24.6 Å². The third-order valence-corrected chi connectivity index (χ3v) is 5.40. The summed E-state index contributed by atoms with van der Waals surface area (Å²) in [4.78, 5) is 2.33. The van der Waals surface area contributed by atoms with Crippen LogP contribution in [0.4, 0.5) is 0 Å². The summed E-state index contributed by atoms with van der Waals surface area (Å²) >= 11 is 0. The molecule has 2 fully saturated rings. The van der Waals surface area contributed by atoms with Crippen molar-refractivity contribution in [2.45, 2.75) is 30.9 Å². The molecule has 0 aliphatic carbocycles. The average molecular weight is 355 g/mol. The van der Waals surface area contributed by atoms with Crippen LogP contribution in [0.2, 0.25) is 0 Å². The maximum absolute atomic E-state index is 10.0. The van der Waals surface area contributed by atoms with E-state index in [9.17, 15) is 5.11 Å². The summed E-state index contributed by atoms with van der Waals surface area (Å²) in [6, 6.07) is 5.80. The Morgan fingerprint density at radius 3 is 2.73 bits per heavy atom. The number of ether oxygens (including phenoxy) is 1. The number of rotatable bonds is 3. The van der Waals surface area contributed by atoms with Crippen LogP contribution in [-0.4, -0.2) is 78.0 Å². The van der Waals surface area contributed by atoms with Crippen LogP contribution in [0.3, 0.4) is 0 Å². The molecule has 1 N–H and O–H groups in total. The summed E-state index contributed by atoms with van der Waals surface area (Å²) < 4.78 is 8.96. The second-order valence-electron chi connectivity index (χ2n) is 6.95. The molecule has 5 rings (SSSR count). The molecule has 3 aromatic heterocycles. The summed E-state index contributed by atoms with van der Waals surface area (Å²) in [5.41, 5.74) is 0.748. The van der Waals surface area contributed by atoms with E-state index in [0.29, 0.717) is 19.1 Å². The predicted molar refractivity (Wildman–Crippen MR) is 92.1 cm³/mol. The van der Waals surface area contributed by atoms with Gasteiger partial charge in [-0.2, -0.15) is 9.61 Å². The van der Waals surface area contributed by atoms with E-state index >= 15 is 0 Å². The van der Waals surface area contributed by atoms with Gasteiger partial charge in [0.25, 0.3) is 0 Å². The lowest BCUT2D eigenvalue weighted by Gasteiger charge is -2.35. The number of hydrogen-bond donors (Lipinski definition) is 1. The van der Waals surface area contributed by atoms with Gasteiger partial charge in [-0.1, -0.05) is 0 Å². The van der Waals surface area contributed by atoms with E-state index < -0.39 is 0 Å². The van der Waals surface area contributed by atoms with Crippen molar-refractivity contribution in [1.82, 2.24) is 34.5 Å². The van der Waals surface area contributed by atoms with E-state index in [4.69, 9.17) is 4.74 Å². The van der Waals surface area contributed by atoms with Crippen molar-refractivity contribution in [2.75, 3.05) is 26.3 Å². The van der Waals surface area contributed by atoms with Crippen molar-refractivity contribution in [3.63, 3.8) is 0 Å². The van der Waals surface area contributed by atoms with Gasteiger partial charge in [-0.3, -0.25) is 4.90 Å². The van der Waals surface area contributed by atoms with Gasteiger partial charge in [-0.05, 0) is 44.1 Å². The Hall–Kier alpha value is -2.36. The fourth-order valence-corrected chi connectivity index (χ4v) is 3.95. The zero-order valence-electron chi connectivity index (χ0n) is 14.3. The average Bonchev–Trinajstić information content (AvgIpc) is 3.42. The smallest absolute Gasteiger partial charge is 0.178 e. The van der Waals surface area contributed by atoms with Crippen molar-refractivity contribution >= 4 is 5.65 Å². The number of aromatic nitrogens is 6. The summed E-state index contributed by atoms with van der Waals surface area (Å²) in [6.45, 7) is 2.90. The highest BCUT2D eigenvalue weighted by molar-refractivity contribution is 5.39. The summed E-state index contributed by atoms with van der Waals surface area (Å²) in [7, 11) is 0. The van der Waals surface area contributed by atoms with Crippen molar-refractivity contribution in [3.8, 4) is 5.82 Å². The number of aliphatic hydroxyl groups excluding tert-OH is 1. The molecule has 0 bridgehead atoms. The van der Waals surface area contributed by atoms with Crippen LogP contribution >= 0.6 is 0 Å². The van der Waals surface area contributed by atoms with Crippen LogP contribution in [-0.2, 0) is 4.74 Å². The van der Waals surface area contributed by atoms with E-state index in [1.807, 2.05) is 28.9 Å². The SMILES string of the molecule is OC1COCC1N1CCC(c2nnc3ccc(-n4cccn4)nn23)CC1. The Labute approximate surface area is 150 Å². The molecule has 5 heterocycles. The number of hydrogen-bond acceptors (Lipinski definition) is 7. The van der Waals surface area contributed by atoms with Crippen molar-refractivity contribution < 1.29 is 9.84 Å². The first-order valence-corrected chi connectivity index (χ1v) is 9.02. The molecule has 0 saturated carbocycles. The maximum Gasteiger partial charge on any atom is 0.178 e. The number of fused-ring (bicyclic) bond motifs is 1. The number of piperidine rings is 1. The molecule has 0 aromatic carbocycles. The van der Waals surface area contributed by atoms with Crippen molar-refractivity contribution in [3.05, 3.63) is 36.4 Å². The third kappa shape index (κ3) is 2.68. The molecule has 0 amide bonds. The fourth-order valence-electron chi connectivity index (χ4n) is 3.95. The molecule has 2 unspecified atom stereocenters. The van der Waals surface area contributed by atoms with Gasteiger partial charge in [-0.25, -0.2) is 4.68 Å². The van der Waals surface area contributed by atoms with Gasteiger partial charge in [0.1, 0.15) is 0 Å². The lowest BCUT2D eigenvalue weighted by Crippen LogP contribution is -2.46. The Bertz CT molecular complexity index is 886. The van der Waals surface area contributed by atoms with E-state index in [1.165, 1.54) is 0 Å². The van der Waals surface area contributed by atoms with Crippen LogP contribution < -0.4 is 0 Å². The van der Waals surface area contributed by atoms with E-state index in [-0.39, 0.29) is 12.1 Å². The minimum atomic E-state index is -0.376. The largest absolute Gasteiger partial charge is 0.389 e. The highest BCUT2D eigenvalue weighted by atomic mass is 16.5. The lowest BCUT2D eigenvalue weighted by atomic mass is 9.94. The first-order chi connectivity index (χ1) is 12.8. The summed E-state index contributed by atoms with van der Waals surface area (Å²) in [5, 5.41) is 27.6. The molecule has 2 aliphatic rings. The fraction of sp³-hybridized carbons (Fsp3) is 0.529. The molecule has 3 aromatic rings. The van der Waals surface area contributed by atoms with Gasteiger partial charge in [0.05, 0.1) is 25.4 Å². The van der Waals surface area contributed by atoms with Gasteiger partial charge >= 0.3 is 0 Å². The molecular weight excluding hydrogens is 334 g/mol. The van der Waals surface area contributed by atoms with Gasteiger partial charge in [0, 0.05) is 18.3 Å². The lowest BCUT2D eigenvalue weighted by molar-refractivity contribution is 0.0655. The highest BCUT2D eigenvalue weighted by Gasteiger charge is 2.35. The summed E-state index contributed by atoms with van der Waals surface area (Å²) in [5.74, 6) is 1.95. The molecule has 9 nitrogen and oxygen atoms in total. The van der Waals surface area contributed by atoms with Crippen molar-refractivity contribution in [1.29, 1.82) is 0 Å². The second-order valence-corrected chi connectivity index (χ2v) is 6.95. The van der Waals surface area contributed by atoms with E-state index in [1.54, 1.807) is 10.9 Å². The zero-order chi connectivity index (χ0) is 17.5. The minimum absolute atomic E-state index is 0.121. The van der Waals surface area contributed by atoms with Crippen LogP contribution in [0.25, 0.3) is 11.5 Å². The maximum atomic E-state index is 10.0. The van der Waals surface area contributed by atoms with Gasteiger partial charge in [-0.15, -0.1) is 15.3 Å². The molecule has 9 heteroatoms. The monoisotopic (exact) mass is 355 g/mol. The Morgan fingerprint density at radius 2 is 2.00 bits per heavy atom. The Morgan fingerprint density at radius 1 is 1.12 bits per heavy atom. The molecule has 0 spiro atoms. The number of nitrogens with zero attached hydrogens (tertiary/aromatic N) is 7. The molecule has 2 atom stereocenters. The number of aliphatic hydroxyl groups is 1. The Balaban J connectivity index is 1.37. The van der Waals surface area contributed by atoms with Crippen LogP contribution in [0.15, 0.2) is 30.6 Å². The van der Waals surface area contributed by atoms with Gasteiger partial charge in [0.2, 0.25) is 0 Å². The third-order valence-electron chi connectivity index (χ3n) is 5.40. The molecule has 2 aliphatic heterocycles. The normalized spacial score (nSPS) is 25.3. The second kappa shape index (κ2) is 6.42. The van der Waals surface area contributed by atoms with Crippen LogP contribution in [0, 0.1) is 0 Å². The Kier molecular flexibility index (Phi) is 3.92. The number of likely N-dealkylation sites (tertiary alicyclic amines) is 1. The minimum Gasteiger partial charge on any atom is -0.389 e. The molecular formula is C17H21N7O2. The van der Waals surface area contributed by atoms with Gasteiger partial charge < -0.3 is 9.84 Å². The topological polar surface area (TPSA) is 93.6 Å². The predicted octanol–water partition coefficient (Wildman–Crippen LogP) is 0.249. The quantitative estimate of drug-likeness (QED) is 0.720. The van der Waals surface area contributed by atoms with Crippen molar-refractivity contribution in [2.24, 2.45) is 0 Å². The molecule has 26 heavy (non-hydrogen) atoms. The zero-order valence-corrected chi connectivity index (χ0v) is 14.3. The first kappa shape index (κ1) is 15.9. The summed E-state index contributed by atoms with van der Waals surface area (Å²) in [6.07, 6.45) is 5.16. The molecule has 0 radical (unpaired) electrons. The standard InChI is InChI=1S/C17H21N7O2/c25-14-11-26-10-13(14)22-8-4-12(5-9-22)17-20-19-15-2-3-16(21-24(15)17)23-7-1-6-18-23/h1-3,6-7,12-14,25H,4-5,8-11H2. The first-order valence-electron chi connectivity index (χ1n) is 9.02. The van der Waals surface area contributed by atoms with Gasteiger partial charge in [0.15, 0.2) is 17.3 Å². The molecule has 136 valence electrons.